The van der Waals surface area contributed by atoms with Crippen LogP contribution in [-0.2, 0) is 16.1 Å². The van der Waals surface area contributed by atoms with E-state index in [4.69, 9.17) is 14.2 Å². The zero-order chi connectivity index (χ0) is 33.5. The lowest BCUT2D eigenvalue weighted by molar-refractivity contribution is -0.384. The molecule has 0 saturated carbocycles. The molecule has 0 saturated heterocycles. The number of unbranched alkanes of at least 4 members (excludes halogenated alkanes) is 13. The van der Waals surface area contributed by atoms with Crippen LogP contribution in [0.25, 0.3) is 6.08 Å². The number of carbonyl (C=O) groups is 2. The molecule has 0 aliphatic heterocycles. The number of nitrogens with zero attached hydrogens (tertiary/aromatic N) is 1. The monoisotopic (exact) mass is 643 g/mol. The average Bonchev–Trinajstić information content (AvgIpc) is 3.09. The van der Waals surface area contributed by atoms with Crippen LogP contribution in [0.3, 0.4) is 0 Å². The third-order valence-corrected chi connectivity index (χ3v) is 7.89. The van der Waals surface area contributed by atoms with Gasteiger partial charge in [0.15, 0.2) is 0 Å². The molecule has 0 amide bonds. The molecule has 3 aromatic carbocycles. The predicted octanol–water partition coefficient (Wildman–Crippen LogP) is 10.4. The molecule has 0 unspecified atom stereocenters. The van der Waals surface area contributed by atoms with E-state index in [1.807, 2.05) is 0 Å². The van der Waals surface area contributed by atoms with E-state index >= 15 is 0 Å². The number of hydrogen-bond acceptors (Lipinski definition) is 7. The van der Waals surface area contributed by atoms with Gasteiger partial charge in [-0.3, -0.25) is 10.1 Å². The van der Waals surface area contributed by atoms with Crippen molar-refractivity contribution in [1.82, 2.24) is 0 Å². The summed E-state index contributed by atoms with van der Waals surface area (Å²) in [5.41, 5.74) is 1.76. The Bertz CT molecular complexity index is 1370. The zero-order valence-corrected chi connectivity index (χ0v) is 27.7. The van der Waals surface area contributed by atoms with Gasteiger partial charge in [-0.1, -0.05) is 103 Å². The largest absolute Gasteiger partial charge is 0.494 e. The first-order chi connectivity index (χ1) is 22.9. The van der Waals surface area contributed by atoms with Crippen molar-refractivity contribution < 1.29 is 28.7 Å². The summed E-state index contributed by atoms with van der Waals surface area (Å²) in [6.07, 6.45) is 21.4. The Balaban J connectivity index is 1.25. The average molecular weight is 644 g/mol. The van der Waals surface area contributed by atoms with Gasteiger partial charge in [-0.25, -0.2) is 9.59 Å². The number of carbonyl (C=O) groups excluding carboxylic acids is 2. The molecule has 0 fully saturated rings. The summed E-state index contributed by atoms with van der Waals surface area (Å²) < 4.78 is 16.5. The summed E-state index contributed by atoms with van der Waals surface area (Å²) in [7, 11) is 0. The van der Waals surface area contributed by atoms with Crippen molar-refractivity contribution in [1.29, 1.82) is 0 Å². The lowest BCUT2D eigenvalue weighted by Crippen LogP contribution is -2.08. The van der Waals surface area contributed by atoms with Crippen molar-refractivity contribution in [2.75, 3.05) is 6.61 Å². The van der Waals surface area contributed by atoms with Crippen LogP contribution in [0.4, 0.5) is 5.69 Å². The molecule has 0 aliphatic rings. The standard InChI is InChI=1S/C39H49NO7/c1-2-3-4-5-6-7-8-9-10-11-12-13-14-15-30-45-36-27-21-34(22-28-36)39(42)47-37-25-18-32(19-26-37)20-29-38(41)46-31-33-16-23-35(24-17-33)40(43)44/h16-29H,2-15,30-31H2,1H3/b29-20+. The first-order valence-corrected chi connectivity index (χ1v) is 17.1. The van der Waals surface area contributed by atoms with Crippen LogP contribution in [0.2, 0.25) is 0 Å². The van der Waals surface area contributed by atoms with Crippen molar-refractivity contribution >= 4 is 23.7 Å². The van der Waals surface area contributed by atoms with Crippen LogP contribution in [0.5, 0.6) is 11.5 Å². The summed E-state index contributed by atoms with van der Waals surface area (Å²) in [6.45, 7) is 2.94. The molecule has 0 radical (unpaired) electrons. The Morgan fingerprint density at radius 3 is 1.77 bits per heavy atom. The molecular weight excluding hydrogens is 594 g/mol. The topological polar surface area (TPSA) is 105 Å². The maximum Gasteiger partial charge on any atom is 0.343 e. The first kappa shape index (κ1) is 37.0. The molecule has 47 heavy (non-hydrogen) atoms. The highest BCUT2D eigenvalue weighted by molar-refractivity contribution is 5.91. The van der Waals surface area contributed by atoms with E-state index in [2.05, 4.69) is 6.92 Å². The quantitative estimate of drug-likeness (QED) is 0.0253. The number of esters is 2. The fourth-order valence-corrected chi connectivity index (χ4v) is 5.07. The predicted molar refractivity (Wildman–Crippen MR) is 186 cm³/mol. The van der Waals surface area contributed by atoms with Gasteiger partial charge in [0.05, 0.1) is 17.1 Å². The highest BCUT2D eigenvalue weighted by Crippen LogP contribution is 2.19. The molecule has 8 heteroatoms. The molecule has 0 bridgehead atoms. The van der Waals surface area contributed by atoms with E-state index in [0.717, 1.165) is 17.7 Å². The maximum atomic E-state index is 12.6. The molecule has 0 atom stereocenters. The highest BCUT2D eigenvalue weighted by Gasteiger charge is 2.09. The van der Waals surface area contributed by atoms with Crippen LogP contribution in [0, 0.1) is 10.1 Å². The number of ether oxygens (including phenoxy) is 3. The third kappa shape index (κ3) is 15.6. The fraction of sp³-hybridized carbons (Fsp3) is 0.436. The molecule has 0 N–H and O–H groups in total. The Labute approximate surface area is 279 Å². The Morgan fingerprint density at radius 1 is 0.681 bits per heavy atom. The smallest absolute Gasteiger partial charge is 0.343 e. The normalized spacial score (nSPS) is 11.0. The Morgan fingerprint density at radius 2 is 1.21 bits per heavy atom. The number of nitro benzene ring substituents is 1. The van der Waals surface area contributed by atoms with Crippen LogP contribution >= 0.6 is 0 Å². The summed E-state index contributed by atoms with van der Waals surface area (Å²) in [4.78, 5) is 34.9. The molecule has 0 spiro atoms. The summed E-state index contributed by atoms with van der Waals surface area (Å²) in [5.74, 6) is 0.0946. The molecule has 8 nitrogen and oxygen atoms in total. The molecular formula is C39H49NO7. The second kappa shape index (κ2) is 22.1. The van der Waals surface area contributed by atoms with Crippen LogP contribution in [0.1, 0.15) is 118 Å². The van der Waals surface area contributed by atoms with Gasteiger partial charge < -0.3 is 14.2 Å². The number of nitro groups is 1. The molecule has 0 aromatic heterocycles. The minimum Gasteiger partial charge on any atom is -0.494 e. The van der Waals surface area contributed by atoms with Gasteiger partial charge in [0.2, 0.25) is 0 Å². The SMILES string of the molecule is CCCCCCCCCCCCCCCCOc1ccc(C(=O)Oc2ccc(/C=C/C(=O)OCc3ccc([N+](=O)[O-])cc3)cc2)cc1. The number of non-ortho nitro benzene ring substituents is 1. The molecule has 3 rings (SSSR count). The molecule has 0 aliphatic carbocycles. The van der Waals surface area contributed by atoms with Crippen molar-refractivity contribution in [3.8, 4) is 11.5 Å². The summed E-state index contributed by atoms with van der Waals surface area (Å²) >= 11 is 0. The number of benzene rings is 3. The van der Waals surface area contributed by atoms with Crippen molar-refractivity contribution in [2.45, 2.75) is 103 Å². The second-order valence-corrected chi connectivity index (χ2v) is 11.8. The minimum atomic E-state index is -0.550. The van der Waals surface area contributed by atoms with Gasteiger partial charge in [0.1, 0.15) is 18.1 Å². The van der Waals surface area contributed by atoms with E-state index in [0.29, 0.717) is 23.5 Å². The molecule has 252 valence electrons. The van der Waals surface area contributed by atoms with Gasteiger partial charge in [0.25, 0.3) is 5.69 Å². The summed E-state index contributed by atoms with van der Waals surface area (Å²) in [6, 6.07) is 19.5. The summed E-state index contributed by atoms with van der Waals surface area (Å²) in [5, 5.41) is 10.7. The van der Waals surface area contributed by atoms with E-state index in [9.17, 15) is 19.7 Å². The van der Waals surface area contributed by atoms with E-state index in [1.165, 1.54) is 102 Å². The van der Waals surface area contributed by atoms with Crippen LogP contribution < -0.4 is 9.47 Å². The lowest BCUT2D eigenvalue weighted by Gasteiger charge is -2.08. The van der Waals surface area contributed by atoms with Crippen molar-refractivity contribution in [3.63, 3.8) is 0 Å². The number of rotatable bonds is 23. The fourth-order valence-electron chi connectivity index (χ4n) is 5.07. The zero-order valence-electron chi connectivity index (χ0n) is 27.7. The minimum absolute atomic E-state index is 0.00265. The van der Waals surface area contributed by atoms with Gasteiger partial charge in [-0.05, 0) is 72.2 Å². The van der Waals surface area contributed by atoms with E-state index in [1.54, 1.807) is 66.7 Å². The van der Waals surface area contributed by atoms with Gasteiger partial charge in [0, 0.05) is 18.2 Å². The molecule has 0 heterocycles. The second-order valence-electron chi connectivity index (χ2n) is 11.8. The molecule has 3 aromatic rings. The highest BCUT2D eigenvalue weighted by atomic mass is 16.6. The maximum absolute atomic E-state index is 12.6. The Hall–Kier alpha value is -4.46. The van der Waals surface area contributed by atoms with E-state index in [-0.39, 0.29) is 12.3 Å². The van der Waals surface area contributed by atoms with E-state index < -0.39 is 16.9 Å². The van der Waals surface area contributed by atoms with Gasteiger partial charge in [-0.15, -0.1) is 0 Å². The van der Waals surface area contributed by atoms with Crippen LogP contribution in [-0.4, -0.2) is 23.5 Å². The third-order valence-electron chi connectivity index (χ3n) is 7.89. The van der Waals surface area contributed by atoms with Gasteiger partial charge in [-0.2, -0.15) is 0 Å². The number of hydrogen-bond donors (Lipinski definition) is 0. The van der Waals surface area contributed by atoms with Crippen LogP contribution in [0.15, 0.2) is 78.9 Å². The van der Waals surface area contributed by atoms with Gasteiger partial charge >= 0.3 is 11.9 Å². The van der Waals surface area contributed by atoms with Crippen molar-refractivity contribution in [3.05, 3.63) is 106 Å². The lowest BCUT2D eigenvalue weighted by atomic mass is 10.0. The Kier molecular flexibility index (Phi) is 17.4. The van der Waals surface area contributed by atoms with Crippen molar-refractivity contribution in [2.24, 2.45) is 0 Å². The first-order valence-electron chi connectivity index (χ1n) is 17.1.